The van der Waals surface area contributed by atoms with E-state index in [1.807, 2.05) is 0 Å². The maximum Gasteiger partial charge on any atom is 0.328 e. The number of carbonyl (C=O) groups is 2. The van der Waals surface area contributed by atoms with Gasteiger partial charge in [0.1, 0.15) is 0 Å². The van der Waals surface area contributed by atoms with Crippen LogP contribution in [0.4, 0.5) is 5.69 Å². The molecule has 0 bridgehead atoms. The van der Waals surface area contributed by atoms with E-state index in [0.717, 1.165) is 11.8 Å². The molecule has 0 saturated carbocycles. The summed E-state index contributed by atoms with van der Waals surface area (Å²) in [7, 11) is -3.37. The quantitative estimate of drug-likeness (QED) is 0.824. The number of anilines is 1. The minimum absolute atomic E-state index is 0.0339. The number of sulfonamides is 1. The lowest BCUT2D eigenvalue weighted by Gasteiger charge is -2.33. The lowest BCUT2D eigenvalue weighted by atomic mass is 10.00. The molecule has 1 amide bonds. The third-order valence-electron chi connectivity index (χ3n) is 4.48. The van der Waals surface area contributed by atoms with Crippen LogP contribution in [0, 0.1) is 0 Å². The fraction of sp³-hybridized carbons (Fsp3) is 0.500. The van der Waals surface area contributed by atoms with Gasteiger partial charge in [-0.2, -0.15) is 0 Å². The molecule has 0 aliphatic carbocycles. The highest BCUT2D eigenvalue weighted by Gasteiger charge is 2.34. The Labute approximate surface area is 146 Å². The molecule has 25 heavy (non-hydrogen) atoms. The van der Waals surface area contributed by atoms with Gasteiger partial charge < -0.3 is 14.7 Å². The van der Waals surface area contributed by atoms with Crippen LogP contribution in [0.15, 0.2) is 18.2 Å². The highest BCUT2D eigenvalue weighted by atomic mass is 32.2. The topological polar surface area (TPSA) is 104 Å². The van der Waals surface area contributed by atoms with Crippen molar-refractivity contribution in [3.63, 3.8) is 0 Å². The maximum absolute atomic E-state index is 12.8. The summed E-state index contributed by atoms with van der Waals surface area (Å²) in [6, 6.07) is 3.84. The van der Waals surface area contributed by atoms with Gasteiger partial charge in [-0.3, -0.25) is 9.10 Å². The second kappa shape index (κ2) is 6.64. The molecular weight excluding hydrogens is 348 g/mol. The van der Waals surface area contributed by atoms with E-state index in [1.165, 1.54) is 9.21 Å². The first-order chi connectivity index (χ1) is 11.8. The Morgan fingerprint density at radius 1 is 1.28 bits per heavy atom. The summed E-state index contributed by atoms with van der Waals surface area (Å²) in [5.41, 5.74) is 1.73. The van der Waals surface area contributed by atoms with Gasteiger partial charge >= 0.3 is 5.97 Å². The van der Waals surface area contributed by atoms with Gasteiger partial charge in [0, 0.05) is 18.7 Å². The van der Waals surface area contributed by atoms with Crippen LogP contribution in [0.2, 0.25) is 0 Å². The van der Waals surface area contributed by atoms with Crippen LogP contribution >= 0.6 is 0 Å². The summed E-state index contributed by atoms with van der Waals surface area (Å²) in [5.74, 6) is -1.48. The summed E-state index contributed by atoms with van der Waals surface area (Å²) in [6.07, 6.45) is 2.51. The number of amides is 1. The minimum atomic E-state index is -3.37. The summed E-state index contributed by atoms with van der Waals surface area (Å²) in [4.78, 5) is 25.4. The fourth-order valence-electron chi connectivity index (χ4n) is 3.26. The lowest BCUT2D eigenvalue weighted by Crippen LogP contribution is -2.52. The van der Waals surface area contributed by atoms with Gasteiger partial charge in [-0.05, 0) is 36.6 Å². The average molecular weight is 368 g/mol. The van der Waals surface area contributed by atoms with Crippen molar-refractivity contribution in [3.05, 3.63) is 29.3 Å². The zero-order valence-corrected chi connectivity index (χ0v) is 14.7. The second-order valence-corrected chi connectivity index (χ2v) is 8.12. The number of carbonyl (C=O) groups excluding carboxylic acids is 1. The van der Waals surface area contributed by atoms with Crippen LogP contribution in [-0.2, 0) is 26.0 Å². The van der Waals surface area contributed by atoms with E-state index in [4.69, 9.17) is 4.74 Å². The molecule has 2 heterocycles. The Morgan fingerprint density at radius 2 is 2.04 bits per heavy atom. The van der Waals surface area contributed by atoms with Crippen LogP contribution in [0.5, 0.6) is 0 Å². The van der Waals surface area contributed by atoms with Crippen LogP contribution in [0.1, 0.15) is 22.3 Å². The van der Waals surface area contributed by atoms with Crippen molar-refractivity contribution >= 4 is 27.6 Å². The number of morpholine rings is 1. The van der Waals surface area contributed by atoms with Gasteiger partial charge in [0.25, 0.3) is 5.91 Å². The Hall–Kier alpha value is -2.13. The molecule has 2 aliphatic rings. The molecule has 0 aromatic heterocycles. The molecule has 8 nitrogen and oxygen atoms in total. The third-order valence-corrected chi connectivity index (χ3v) is 5.66. The molecule has 1 aromatic rings. The van der Waals surface area contributed by atoms with Crippen LogP contribution < -0.4 is 4.31 Å². The van der Waals surface area contributed by atoms with Gasteiger partial charge in [-0.25, -0.2) is 13.2 Å². The van der Waals surface area contributed by atoms with E-state index in [2.05, 4.69) is 0 Å². The molecule has 3 rings (SSSR count). The number of rotatable bonds is 3. The SMILES string of the molecule is CS(=O)(=O)N1CCCc2cc(C(=O)N3CCOC[C@H]3C(=O)O)ccc21. The monoisotopic (exact) mass is 368 g/mol. The third kappa shape index (κ3) is 3.47. The van der Waals surface area contributed by atoms with Crippen molar-refractivity contribution in [2.45, 2.75) is 18.9 Å². The molecule has 1 aromatic carbocycles. The number of carboxylic acids is 1. The summed E-state index contributed by atoms with van der Waals surface area (Å²) < 4.78 is 30.3. The van der Waals surface area contributed by atoms with E-state index < -0.39 is 22.0 Å². The molecule has 1 atom stereocenters. The van der Waals surface area contributed by atoms with Crippen LogP contribution in [0.3, 0.4) is 0 Å². The highest BCUT2D eigenvalue weighted by molar-refractivity contribution is 7.92. The Morgan fingerprint density at radius 3 is 2.72 bits per heavy atom. The summed E-state index contributed by atoms with van der Waals surface area (Å²) >= 11 is 0. The number of carboxylic acid groups (broad SMARTS) is 1. The normalized spacial score (nSPS) is 20.9. The maximum atomic E-state index is 12.8. The van der Waals surface area contributed by atoms with E-state index in [9.17, 15) is 23.1 Å². The molecule has 0 unspecified atom stereocenters. The standard InChI is InChI=1S/C16H20N2O6S/c1-25(22,23)18-6-2-3-11-9-12(4-5-13(11)18)15(19)17-7-8-24-10-14(17)16(20)21/h4-5,9,14H,2-3,6-8,10H2,1H3,(H,20,21)/t14-/m0/s1. The smallest absolute Gasteiger partial charge is 0.328 e. The predicted molar refractivity (Wildman–Crippen MR) is 90.2 cm³/mol. The average Bonchev–Trinajstić information content (AvgIpc) is 2.59. The second-order valence-electron chi connectivity index (χ2n) is 6.21. The van der Waals surface area contributed by atoms with E-state index in [0.29, 0.717) is 37.2 Å². The van der Waals surface area contributed by atoms with Crippen molar-refractivity contribution in [2.75, 3.05) is 36.9 Å². The minimum Gasteiger partial charge on any atom is -0.480 e. The van der Waals surface area contributed by atoms with Crippen LogP contribution in [-0.4, -0.2) is 68.9 Å². The molecule has 136 valence electrons. The molecule has 1 saturated heterocycles. The van der Waals surface area contributed by atoms with Gasteiger partial charge in [0.15, 0.2) is 6.04 Å². The highest BCUT2D eigenvalue weighted by Crippen LogP contribution is 2.30. The van der Waals surface area contributed by atoms with Crippen LogP contribution in [0.25, 0.3) is 0 Å². The van der Waals surface area contributed by atoms with Gasteiger partial charge in [0.2, 0.25) is 10.0 Å². The molecule has 1 fully saturated rings. The van der Waals surface area contributed by atoms with Crippen molar-refractivity contribution in [1.82, 2.24) is 4.90 Å². The number of benzene rings is 1. The number of aliphatic carboxylic acids is 1. The number of fused-ring (bicyclic) bond motifs is 1. The van der Waals surface area contributed by atoms with Crippen molar-refractivity contribution in [2.24, 2.45) is 0 Å². The first kappa shape index (κ1) is 17.7. The van der Waals surface area contributed by atoms with E-state index >= 15 is 0 Å². The number of nitrogens with zero attached hydrogens (tertiary/aromatic N) is 2. The van der Waals surface area contributed by atoms with Crippen molar-refractivity contribution < 1.29 is 27.9 Å². The Kier molecular flexibility index (Phi) is 4.70. The summed E-state index contributed by atoms with van der Waals surface area (Å²) in [5, 5.41) is 9.27. The first-order valence-electron chi connectivity index (χ1n) is 8.01. The first-order valence-corrected chi connectivity index (χ1v) is 9.86. The number of hydrogen-bond acceptors (Lipinski definition) is 5. The largest absolute Gasteiger partial charge is 0.480 e. The molecule has 9 heteroatoms. The zero-order chi connectivity index (χ0) is 18.2. The number of ether oxygens (including phenoxy) is 1. The number of aryl methyl sites for hydroxylation is 1. The Balaban J connectivity index is 1.91. The molecular formula is C16H20N2O6S. The van der Waals surface area contributed by atoms with Gasteiger partial charge in [0.05, 0.1) is 25.2 Å². The van der Waals surface area contributed by atoms with Crippen molar-refractivity contribution in [1.29, 1.82) is 0 Å². The van der Waals surface area contributed by atoms with Gasteiger partial charge in [-0.15, -0.1) is 0 Å². The van der Waals surface area contributed by atoms with E-state index in [-0.39, 0.29) is 19.1 Å². The summed E-state index contributed by atoms with van der Waals surface area (Å²) in [6.45, 7) is 0.891. The van der Waals surface area contributed by atoms with E-state index in [1.54, 1.807) is 18.2 Å². The molecule has 0 radical (unpaired) electrons. The zero-order valence-electron chi connectivity index (χ0n) is 13.8. The molecule has 2 aliphatic heterocycles. The predicted octanol–water partition coefficient (Wildman–Crippen LogP) is 0.324. The fourth-order valence-corrected chi connectivity index (χ4v) is 4.25. The Bertz CT molecular complexity index is 807. The van der Waals surface area contributed by atoms with Gasteiger partial charge in [-0.1, -0.05) is 0 Å². The number of hydrogen-bond donors (Lipinski definition) is 1. The molecule has 0 spiro atoms. The lowest BCUT2D eigenvalue weighted by molar-refractivity contribution is -0.147. The van der Waals surface area contributed by atoms with Crippen molar-refractivity contribution in [3.8, 4) is 0 Å². The molecule has 1 N–H and O–H groups in total.